The third kappa shape index (κ3) is 5.57. The highest BCUT2D eigenvalue weighted by atomic mass is 16.5. The molecule has 3 nitrogen and oxygen atoms in total. The van der Waals surface area contributed by atoms with Gasteiger partial charge in [0.05, 0.1) is 22.4 Å². The summed E-state index contributed by atoms with van der Waals surface area (Å²) in [5.41, 5.74) is 16.5. The van der Waals surface area contributed by atoms with Gasteiger partial charge in [-0.25, -0.2) is 0 Å². The van der Waals surface area contributed by atoms with Crippen molar-refractivity contribution in [1.29, 1.82) is 0 Å². The van der Waals surface area contributed by atoms with Crippen LogP contribution in [-0.2, 0) is 5.41 Å². The van der Waals surface area contributed by atoms with Crippen LogP contribution in [0.2, 0.25) is 0 Å². The number of aromatic nitrogens is 1. The molecule has 1 aliphatic heterocycles. The molecule has 0 amide bonds. The topological polar surface area (TPSA) is 17.4 Å². The predicted molar refractivity (Wildman–Crippen MR) is 294 cm³/mol. The molecule has 70 heavy (non-hydrogen) atoms. The van der Waals surface area contributed by atoms with Crippen LogP contribution >= 0.6 is 0 Å². The van der Waals surface area contributed by atoms with E-state index in [0.29, 0.717) is 0 Å². The SMILES string of the molecule is CC1(C)c2ccccc2-c2ccc(N3c4ccc(-c5ccc6c7ccccc7n(-c7ccc(-c8ccc9c%10ccccc%10c%10ccccc%10c9c8)cc7)c6c5)cc4Oc4c3ccc3ccccc43)cc21. The second-order valence-electron chi connectivity index (χ2n) is 19.6. The number of fused-ring (bicyclic) bond motifs is 16. The lowest BCUT2D eigenvalue weighted by Gasteiger charge is -2.34. The van der Waals surface area contributed by atoms with Gasteiger partial charge >= 0.3 is 0 Å². The highest BCUT2D eigenvalue weighted by Crippen LogP contribution is 2.56. The van der Waals surface area contributed by atoms with Gasteiger partial charge in [-0.05, 0) is 143 Å². The minimum Gasteiger partial charge on any atom is -0.452 e. The Hall–Kier alpha value is -8.92. The van der Waals surface area contributed by atoms with Crippen LogP contribution in [0.3, 0.4) is 0 Å². The van der Waals surface area contributed by atoms with Crippen molar-refractivity contribution in [2.24, 2.45) is 0 Å². The lowest BCUT2D eigenvalue weighted by atomic mass is 9.82. The summed E-state index contributed by atoms with van der Waals surface area (Å²) in [5.74, 6) is 1.70. The number of hydrogen-bond donors (Lipinski definition) is 0. The molecule has 0 spiro atoms. The average Bonchev–Trinajstić information content (AvgIpc) is 3.87. The molecule has 328 valence electrons. The van der Waals surface area contributed by atoms with E-state index in [2.05, 4.69) is 254 Å². The first-order valence-electron chi connectivity index (χ1n) is 24.3. The van der Waals surface area contributed by atoms with Crippen LogP contribution in [0.4, 0.5) is 17.1 Å². The standard InChI is InChI=1S/C67H44N2O/c1-67(2)59-21-11-9-19-54(59)55-34-31-47(40-60(55)67)69-62-35-28-45(39-65(62)70-66-48-14-4-3-13-42(48)27-36-63(66)69)44-26-33-57-56-20-10-12-22-61(56)68(64(57)38-44)46-29-23-41(24-30-46)43-25-32-53-51-17-6-5-15-49(51)50-16-7-8-18-52(50)58(53)37-43/h3-40H,1-2H3. The van der Waals surface area contributed by atoms with Gasteiger partial charge in [0.2, 0.25) is 0 Å². The van der Waals surface area contributed by atoms with Crippen LogP contribution in [-0.4, -0.2) is 4.57 Å². The van der Waals surface area contributed by atoms with Crippen LogP contribution < -0.4 is 9.64 Å². The van der Waals surface area contributed by atoms with E-state index in [1.54, 1.807) is 0 Å². The van der Waals surface area contributed by atoms with Gasteiger partial charge in [-0.1, -0.05) is 184 Å². The van der Waals surface area contributed by atoms with Crippen molar-refractivity contribution in [3.05, 3.63) is 242 Å². The summed E-state index contributed by atoms with van der Waals surface area (Å²) in [6.07, 6.45) is 0. The average molecular weight is 893 g/mol. The molecule has 12 aromatic carbocycles. The van der Waals surface area contributed by atoms with Crippen molar-refractivity contribution in [3.63, 3.8) is 0 Å². The zero-order chi connectivity index (χ0) is 46.2. The molecule has 0 fully saturated rings. The number of hydrogen-bond acceptors (Lipinski definition) is 2. The maximum atomic E-state index is 7.08. The summed E-state index contributed by atoms with van der Waals surface area (Å²) >= 11 is 0. The Morgan fingerprint density at radius 3 is 1.67 bits per heavy atom. The quantitative estimate of drug-likeness (QED) is 0.164. The third-order valence-corrected chi connectivity index (χ3v) is 15.5. The largest absolute Gasteiger partial charge is 0.452 e. The van der Waals surface area contributed by atoms with Crippen LogP contribution in [0.25, 0.3) is 104 Å². The molecule has 0 N–H and O–H groups in total. The van der Waals surface area contributed by atoms with E-state index in [4.69, 9.17) is 4.74 Å². The third-order valence-electron chi connectivity index (χ3n) is 15.5. The van der Waals surface area contributed by atoms with E-state index in [1.165, 1.54) is 82.0 Å². The smallest absolute Gasteiger partial charge is 0.159 e. The number of rotatable bonds is 4. The normalized spacial score (nSPS) is 13.5. The van der Waals surface area contributed by atoms with Crippen molar-refractivity contribution in [1.82, 2.24) is 4.57 Å². The van der Waals surface area contributed by atoms with Crippen LogP contribution in [0.1, 0.15) is 25.0 Å². The summed E-state index contributed by atoms with van der Waals surface area (Å²) in [6, 6.07) is 84.9. The minimum absolute atomic E-state index is 0.126. The molecule has 1 aliphatic carbocycles. The molecule has 3 heteroatoms. The van der Waals surface area contributed by atoms with E-state index in [0.717, 1.165) is 61.7 Å². The molecule has 0 bridgehead atoms. The Kier molecular flexibility index (Phi) is 8.13. The fraction of sp³-hybridized carbons (Fsp3) is 0.0448. The zero-order valence-electron chi connectivity index (χ0n) is 38.7. The fourth-order valence-corrected chi connectivity index (χ4v) is 12.1. The maximum Gasteiger partial charge on any atom is 0.159 e. The molecule has 15 rings (SSSR count). The highest BCUT2D eigenvalue weighted by Gasteiger charge is 2.37. The van der Waals surface area contributed by atoms with Gasteiger partial charge in [0.25, 0.3) is 0 Å². The lowest BCUT2D eigenvalue weighted by Crippen LogP contribution is -2.18. The Morgan fingerprint density at radius 2 is 0.886 bits per heavy atom. The molecule has 0 atom stereocenters. The molecule has 1 aromatic heterocycles. The van der Waals surface area contributed by atoms with E-state index >= 15 is 0 Å². The van der Waals surface area contributed by atoms with Gasteiger partial charge in [0.15, 0.2) is 11.5 Å². The summed E-state index contributed by atoms with van der Waals surface area (Å²) in [4.78, 5) is 2.40. The van der Waals surface area contributed by atoms with Gasteiger partial charge in [-0.3, -0.25) is 0 Å². The molecule has 2 aliphatic rings. The first-order chi connectivity index (χ1) is 34.5. The van der Waals surface area contributed by atoms with E-state index in [9.17, 15) is 0 Å². The zero-order valence-corrected chi connectivity index (χ0v) is 38.7. The predicted octanol–water partition coefficient (Wildman–Crippen LogP) is 18.6. The van der Waals surface area contributed by atoms with Gasteiger partial charge in [-0.2, -0.15) is 0 Å². The Bertz CT molecular complexity index is 4330. The minimum atomic E-state index is -0.126. The molecular weight excluding hydrogens is 849 g/mol. The molecular formula is C67H44N2O. The number of para-hydroxylation sites is 1. The molecule has 0 saturated carbocycles. The summed E-state index contributed by atoms with van der Waals surface area (Å²) < 4.78 is 9.50. The van der Waals surface area contributed by atoms with Gasteiger partial charge in [0.1, 0.15) is 0 Å². The molecule has 0 radical (unpaired) electrons. The van der Waals surface area contributed by atoms with E-state index in [-0.39, 0.29) is 5.41 Å². The lowest BCUT2D eigenvalue weighted by molar-refractivity contribution is 0.483. The monoisotopic (exact) mass is 892 g/mol. The molecule has 2 heterocycles. The number of benzene rings is 12. The van der Waals surface area contributed by atoms with Gasteiger partial charge in [0, 0.05) is 32.9 Å². The Balaban J connectivity index is 0.842. The maximum absolute atomic E-state index is 7.08. The number of anilines is 3. The summed E-state index contributed by atoms with van der Waals surface area (Å²) in [6.45, 7) is 4.70. The number of nitrogens with zero attached hydrogens (tertiary/aromatic N) is 2. The van der Waals surface area contributed by atoms with Crippen LogP contribution in [0, 0.1) is 0 Å². The van der Waals surface area contributed by atoms with Crippen molar-refractivity contribution in [3.8, 4) is 50.6 Å². The van der Waals surface area contributed by atoms with Crippen molar-refractivity contribution >= 4 is 82.0 Å². The van der Waals surface area contributed by atoms with Gasteiger partial charge in [-0.15, -0.1) is 0 Å². The first-order valence-corrected chi connectivity index (χ1v) is 24.3. The Morgan fingerprint density at radius 1 is 0.343 bits per heavy atom. The van der Waals surface area contributed by atoms with Gasteiger partial charge < -0.3 is 14.2 Å². The van der Waals surface area contributed by atoms with Crippen molar-refractivity contribution < 1.29 is 4.74 Å². The van der Waals surface area contributed by atoms with Crippen molar-refractivity contribution in [2.45, 2.75) is 19.3 Å². The highest BCUT2D eigenvalue weighted by molar-refractivity contribution is 6.25. The van der Waals surface area contributed by atoms with Crippen LogP contribution in [0.5, 0.6) is 11.5 Å². The van der Waals surface area contributed by atoms with E-state index < -0.39 is 0 Å². The summed E-state index contributed by atoms with van der Waals surface area (Å²) in [5, 5.41) is 12.4. The van der Waals surface area contributed by atoms with Crippen LogP contribution in [0.15, 0.2) is 231 Å². The molecule has 0 saturated heterocycles. The second-order valence-corrected chi connectivity index (χ2v) is 19.6. The summed E-state index contributed by atoms with van der Waals surface area (Å²) in [7, 11) is 0. The second kappa shape index (κ2) is 14.5. The fourth-order valence-electron chi connectivity index (χ4n) is 12.1. The Labute approximate surface area is 405 Å². The van der Waals surface area contributed by atoms with E-state index in [1.807, 2.05) is 0 Å². The molecule has 13 aromatic rings. The first kappa shape index (κ1) is 39.1. The number of ether oxygens (including phenoxy) is 1. The molecule has 0 unspecified atom stereocenters. The van der Waals surface area contributed by atoms with Crippen molar-refractivity contribution in [2.75, 3.05) is 4.90 Å².